The van der Waals surface area contributed by atoms with Crippen LogP contribution in [-0.2, 0) is 0 Å². The molecule has 1 aromatic carbocycles. The first-order valence-corrected chi connectivity index (χ1v) is 5.94. The molecular formula is C15H12O4. The predicted octanol–water partition coefficient (Wildman–Crippen LogP) is 1.73. The molecule has 0 amide bonds. The fourth-order valence-electron chi connectivity index (χ4n) is 2.10. The molecule has 0 fully saturated rings. The summed E-state index contributed by atoms with van der Waals surface area (Å²) < 4.78 is 5.59. The van der Waals surface area contributed by atoms with E-state index in [9.17, 15) is 15.0 Å². The molecule has 0 radical (unpaired) electrons. The van der Waals surface area contributed by atoms with Crippen molar-refractivity contribution in [2.24, 2.45) is 0 Å². The van der Waals surface area contributed by atoms with E-state index in [0.29, 0.717) is 5.76 Å². The van der Waals surface area contributed by atoms with Crippen LogP contribution in [0.1, 0.15) is 17.4 Å². The van der Waals surface area contributed by atoms with Gasteiger partial charge in [-0.05, 0) is 6.08 Å². The van der Waals surface area contributed by atoms with E-state index in [4.69, 9.17) is 4.42 Å². The maximum Gasteiger partial charge on any atom is 0.193 e. The van der Waals surface area contributed by atoms with Crippen LogP contribution < -0.4 is 5.43 Å². The van der Waals surface area contributed by atoms with E-state index in [1.54, 1.807) is 0 Å². The van der Waals surface area contributed by atoms with Crippen LogP contribution in [0.3, 0.4) is 0 Å². The number of aliphatic hydroxyl groups excluding tert-OH is 2. The number of aliphatic hydroxyl groups is 2. The van der Waals surface area contributed by atoms with Gasteiger partial charge in [-0.3, -0.25) is 4.79 Å². The summed E-state index contributed by atoms with van der Waals surface area (Å²) >= 11 is 0. The minimum absolute atomic E-state index is 0.112. The second-order valence-corrected chi connectivity index (χ2v) is 4.41. The molecule has 19 heavy (non-hydrogen) atoms. The summed E-state index contributed by atoms with van der Waals surface area (Å²) in [6, 6.07) is 10.5. The van der Waals surface area contributed by atoms with Gasteiger partial charge in [0.05, 0.1) is 5.56 Å². The van der Waals surface area contributed by atoms with Crippen molar-refractivity contribution >= 4 is 6.08 Å². The van der Waals surface area contributed by atoms with Crippen LogP contribution in [0.25, 0.3) is 17.4 Å². The highest BCUT2D eigenvalue weighted by Crippen LogP contribution is 2.29. The Morgan fingerprint density at radius 2 is 1.84 bits per heavy atom. The number of fused-ring (bicyclic) bond motifs is 1. The molecule has 0 saturated carbocycles. The zero-order valence-electron chi connectivity index (χ0n) is 9.98. The fourth-order valence-corrected chi connectivity index (χ4v) is 2.10. The van der Waals surface area contributed by atoms with E-state index in [1.165, 1.54) is 18.2 Å². The van der Waals surface area contributed by atoms with Crippen LogP contribution >= 0.6 is 0 Å². The lowest BCUT2D eigenvalue weighted by molar-refractivity contribution is 0.0311. The maximum atomic E-state index is 12.0. The summed E-state index contributed by atoms with van der Waals surface area (Å²) in [4.78, 5) is 12.0. The van der Waals surface area contributed by atoms with E-state index in [0.717, 1.165) is 5.56 Å². The van der Waals surface area contributed by atoms with Crippen molar-refractivity contribution in [1.82, 2.24) is 0 Å². The summed E-state index contributed by atoms with van der Waals surface area (Å²) in [7, 11) is 0. The number of benzene rings is 1. The van der Waals surface area contributed by atoms with Crippen molar-refractivity contribution in [2.45, 2.75) is 12.2 Å². The van der Waals surface area contributed by atoms with E-state index in [1.807, 2.05) is 30.3 Å². The molecule has 2 aromatic rings. The average Bonchev–Trinajstić information content (AvgIpc) is 2.44. The molecule has 0 aliphatic heterocycles. The van der Waals surface area contributed by atoms with Gasteiger partial charge in [0, 0.05) is 11.6 Å². The van der Waals surface area contributed by atoms with E-state index >= 15 is 0 Å². The Hall–Kier alpha value is -2.17. The Morgan fingerprint density at radius 3 is 2.58 bits per heavy atom. The van der Waals surface area contributed by atoms with E-state index < -0.39 is 12.2 Å². The van der Waals surface area contributed by atoms with Gasteiger partial charge in [-0.1, -0.05) is 36.4 Å². The van der Waals surface area contributed by atoms with Crippen molar-refractivity contribution < 1.29 is 14.6 Å². The lowest BCUT2D eigenvalue weighted by atomic mass is 9.98. The molecule has 1 aliphatic rings. The van der Waals surface area contributed by atoms with Crippen molar-refractivity contribution in [3.8, 4) is 11.3 Å². The van der Waals surface area contributed by atoms with Crippen LogP contribution in [0, 0.1) is 0 Å². The summed E-state index contributed by atoms with van der Waals surface area (Å²) in [5.41, 5.74) is 0.804. The summed E-state index contributed by atoms with van der Waals surface area (Å²) in [6.45, 7) is 0. The second kappa shape index (κ2) is 4.50. The molecule has 0 spiro atoms. The summed E-state index contributed by atoms with van der Waals surface area (Å²) in [5.74, 6) is 0.493. The van der Waals surface area contributed by atoms with Gasteiger partial charge < -0.3 is 14.6 Å². The van der Waals surface area contributed by atoms with Crippen LogP contribution in [0.15, 0.2) is 51.7 Å². The Balaban J connectivity index is 2.20. The van der Waals surface area contributed by atoms with Gasteiger partial charge in [0.15, 0.2) is 5.43 Å². The molecule has 1 aromatic heterocycles. The largest absolute Gasteiger partial charge is 0.457 e. The SMILES string of the molecule is O=c1cc(-c2ccccc2)oc2c1C=CC(O)C2O. The molecule has 1 aliphatic carbocycles. The lowest BCUT2D eigenvalue weighted by Crippen LogP contribution is -2.23. The molecule has 2 atom stereocenters. The first-order chi connectivity index (χ1) is 9.16. The molecule has 1 heterocycles. The average molecular weight is 256 g/mol. The number of hydrogen-bond donors (Lipinski definition) is 2. The van der Waals surface area contributed by atoms with Crippen LogP contribution in [0.4, 0.5) is 0 Å². The molecule has 0 saturated heterocycles. The zero-order valence-corrected chi connectivity index (χ0v) is 9.98. The Kier molecular flexibility index (Phi) is 2.81. The Labute approximate surface area is 109 Å². The molecule has 0 bridgehead atoms. The van der Waals surface area contributed by atoms with Gasteiger partial charge in [-0.25, -0.2) is 0 Å². The second-order valence-electron chi connectivity index (χ2n) is 4.41. The van der Waals surface area contributed by atoms with Gasteiger partial charge in [-0.2, -0.15) is 0 Å². The van der Waals surface area contributed by atoms with Crippen LogP contribution in [0.5, 0.6) is 0 Å². The highest BCUT2D eigenvalue weighted by Gasteiger charge is 2.27. The summed E-state index contributed by atoms with van der Waals surface area (Å²) in [6.07, 6.45) is 0.595. The van der Waals surface area contributed by atoms with Gasteiger partial charge >= 0.3 is 0 Å². The molecule has 2 N–H and O–H groups in total. The highest BCUT2D eigenvalue weighted by atomic mass is 16.4. The Bertz CT molecular complexity index is 685. The molecule has 2 unspecified atom stereocenters. The van der Waals surface area contributed by atoms with Gasteiger partial charge in [0.1, 0.15) is 23.7 Å². The molecule has 4 heteroatoms. The first-order valence-electron chi connectivity index (χ1n) is 5.94. The lowest BCUT2D eigenvalue weighted by Gasteiger charge is -2.20. The van der Waals surface area contributed by atoms with Crippen LogP contribution in [-0.4, -0.2) is 16.3 Å². The normalized spacial score (nSPS) is 21.2. The third kappa shape index (κ3) is 2.01. The van der Waals surface area contributed by atoms with E-state index in [2.05, 4.69) is 0 Å². The molecule has 96 valence electrons. The van der Waals surface area contributed by atoms with Crippen molar-refractivity contribution in [2.75, 3.05) is 0 Å². The van der Waals surface area contributed by atoms with Crippen molar-refractivity contribution in [3.05, 3.63) is 64.0 Å². The molecule has 4 nitrogen and oxygen atoms in total. The highest BCUT2D eigenvalue weighted by molar-refractivity contribution is 5.61. The zero-order chi connectivity index (χ0) is 13.4. The predicted molar refractivity (Wildman–Crippen MR) is 70.4 cm³/mol. The van der Waals surface area contributed by atoms with Crippen molar-refractivity contribution in [3.63, 3.8) is 0 Å². The van der Waals surface area contributed by atoms with E-state index in [-0.39, 0.29) is 16.8 Å². The summed E-state index contributed by atoms with van der Waals surface area (Å²) in [5, 5.41) is 19.5. The minimum atomic E-state index is -1.21. The van der Waals surface area contributed by atoms with Gasteiger partial charge in [0.25, 0.3) is 0 Å². The number of hydrogen-bond acceptors (Lipinski definition) is 4. The standard InChI is InChI=1S/C15H12O4/c16-11-7-6-10-12(17)8-13(19-15(10)14(11)18)9-4-2-1-3-5-9/h1-8,11,14,16,18H. The first kappa shape index (κ1) is 11.9. The van der Waals surface area contributed by atoms with Gasteiger partial charge in [0.2, 0.25) is 0 Å². The molecular weight excluding hydrogens is 244 g/mol. The van der Waals surface area contributed by atoms with Crippen molar-refractivity contribution in [1.29, 1.82) is 0 Å². The smallest absolute Gasteiger partial charge is 0.193 e. The van der Waals surface area contributed by atoms with Gasteiger partial charge in [-0.15, -0.1) is 0 Å². The third-order valence-electron chi connectivity index (χ3n) is 3.12. The quantitative estimate of drug-likeness (QED) is 0.815. The monoisotopic (exact) mass is 256 g/mol. The molecule has 3 rings (SSSR count). The minimum Gasteiger partial charge on any atom is -0.457 e. The third-order valence-corrected chi connectivity index (χ3v) is 3.12. The van der Waals surface area contributed by atoms with Crippen LogP contribution in [0.2, 0.25) is 0 Å². The number of rotatable bonds is 1. The Morgan fingerprint density at radius 1 is 1.11 bits per heavy atom. The fraction of sp³-hybridized carbons (Fsp3) is 0.133. The maximum absolute atomic E-state index is 12.0. The topological polar surface area (TPSA) is 70.7 Å².